The van der Waals surface area contributed by atoms with E-state index >= 15 is 0 Å². The van der Waals surface area contributed by atoms with Crippen molar-refractivity contribution >= 4 is 57.2 Å². The molecule has 24 nitrogen and oxygen atoms in total. The van der Waals surface area contributed by atoms with Gasteiger partial charge in [0.15, 0.2) is 0 Å². The fraction of sp³-hybridized carbons (Fsp3) is 0.492. The van der Waals surface area contributed by atoms with Gasteiger partial charge in [0.25, 0.3) is 11.4 Å². The van der Waals surface area contributed by atoms with Crippen LogP contribution in [0, 0.1) is 32.0 Å². The summed E-state index contributed by atoms with van der Waals surface area (Å²) in [4.78, 5) is 20.1. The molecule has 4 fully saturated rings. The lowest BCUT2D eigenvalue weighted by atomic mass is 10.1. The number of benzene rings is 5. The van der Waals surface area contributed by atoms with E-state index in [4.69, 9.17) is 24.7 Å². The first-order valence-electron chi connectivity index (χ1n) is 28.9. The smallest absolute Gasteiger partial charge is 0.269 e. The van der Waals surface area contributed by atoms with Gasteiger partial charge in [-0.25, -0.2) is 51.0 Å². The van der Waals surface area contributed by atoms with Gasteiger partial charge in [-0.2, -0.15) is 4.31 Å². The maximum Gasteiger partial charge on any atom is 0.269 e. The Morgan fingerprint density at radius 2 is 0.818 bits per heavy atom. The Labute approximate surface area is 516 Å². The lowest BCUT2D eigenvalue weighted by Gasteiger charge is -2.30. The maximum atomic E-state index is 13.2. The van der Waals surface area contributed by atoms with Gasteiger partial charge in [0.1, 0.15) is 53.2 Å². The van der Waals surface area contributed by atoms with Crippen molar-refractivity contribution in [3.63, 3.8) is 0 Å². The fourth-order valence-corrected chi connectivity index (χ4v) is 14.1. The Kier molecular flexibility index (Phi) is 26.3. The number of halogens is 1. The van der Waals surface area contributed by atoms with Gasteiger partial charge in [0.2, 0.25) is 40.1 Å². The molecule has 0 unspecified atom stereocenters. The van der Waals surface area contributed by atoms with E-state index < -0.39 is 49.9 Å². The van der Waals surface area contributed by atoms with Crippen LogP contribution in [0.15, 0.2) is 121 Å². The number of hydrogen-bond acceptors (Lipinski definition) is 18. The molecule has 484 valence electrons. The van der Waals surface area contributed by atoms with Gasteiger partial charge in [-0.1, -0.05) is 38.1 Å². The summed E-state index contributed by atoms with van der Waals surface area (Å²) in [7, 11) is -13.0. The van der Waals surface area contributed by atoms with Crippen molar-refractivity contribution in [2.75, 3.05) is 83.4 Å². The van der Waals surface area contributed by atoms with Gasteiger partial charge in [-0.15, -0.1) is 0 Å². The zero-order valence-corrected chi connectivity index (χ0v) is 53.4. The van der Waals surface area contributed by atoms with Crippen LogP contribution in [0.2, 0.25) is 0 Å². The Bertz CT molecular complexity index is 3460. The number of non-ortho nitro benzene ring substituents is 2. The van der Waals surface area contributed by atoms with Gasteiger partial charge < -0.3 is 30.0 Å². The fourth-order valence-electron chi connectivity index (χ4n) is 9.81. The zero-order chi connectivity index (χ0) is 64.2. The molecule has 9 rings (SSSR count). The van der Waals surface area contributed by atoms with E-state index in [1.165, 1.54) is 72.4 Å². The van der Waals surface area contributed by atoms with Crippen LogP contribution in [0.1, 0.15) is 76.3 Å². The molecule has 0 radical (unpaired) electrons. The summed E-state index contributed by atoms with van der Waals surface area (Å²) in [6, 6.07) is 32.2. The predicted molar refractivity (Wildman–Crippen MR) is 334 cm³/mol. The quantitative estimate of drug-likeness (QED) is 0.0426. The van der Waals surface area contributed by atoms with E-state index in [0.717, 1.165) is 50.1 Å². The summed E-state index contributed by atoms with van der Waals surface area (Å²) in [5, 5.41) is 24.2. The Morgan fingerprint density at radius 1 is 0.511 bits per heavy atom. The summed E-state index contributed by atoms with van der Waals surface area (Å²) in [6.07, 6.45) is 9.67. The summed E-state index contributed by atoms with van der Waals surface area (Å²) >= 11 is 0. The van der Waals surface area contributed by atoms with Crippen LogP contribution in [0.25, 0.3) is 0 Å². The average Bonchev–Trinajstić information content (AvgIpc) is 3.62. The molecule has 0 aromatic heterocycles. The van der Waals surface area contributed by atoms with Crippen LogP contribution in [-0.4, -0.2) is 163 Å². The van der Waals surface area contributed by atoms with Gasteiger partial charge in [0, 0.05) is 82.3 Å². The number of piperidine rings is 4. The van der Waals surface area contributed by atoms with E-state index in [2.05, 4.69) is 5.32 Å². The molecule has 5 aromatic carbocycles. The number of sulfonamides is 4. The Hall–Kier alpha value is -6.57. The average molecular weight is 1310 g/mol. The molecule has 0 saturated carbocycles. The monoisotopic (exact) mass is 1300 g/mol. The SMILES string of the molecule is CC(C)CN(Cc1ccc(F)cc1)S(=O)(=O)Cc1ccc(OC2CCN(S(C)(=O)=O)CC2)cc1.CS(=O)(=O)N1CCC(Oc2ccc(N)cc2)CC1.CS(=O)(=O)N1CCC(Oc2ccc([N+](=O)[O-])cc2)CC1.O=[N+]([O-])c1ccc(OC2CCNCC2)cc1. The van der Waals surface area contributed by atoms with E-state index in [-0.39, 0.29) is 59.8 Å². The maximum absolute atomic E-state index is 13.2. The minimum Gasteiger partial charge on any atom is -0.490 e. The number of nitro benzene ring substituents is 2. The summed E-state index contributed by atoms with van der Waals surface area (Å²) in [5.41, 5.74) is 7.79. The number of nitrogens with two attached hydrogens (primary N) is 1. The molecule has 0 aliphatic carbocycles. The van der Waals surface area contributed by atoms with Crippen molar-refractivity contribution in [1.82, 2.24) is 22.5 Å². The van der Waals surface area contributed by atoms with E-state index in [1.807, 2.05) is 26.0 Å². The second kappa shape index (κ2) is 32.8. The lowest BCUT2D eigenvalue weighted by Crippen LogP contribution is -2.41. The van der Waals surface area contributed by atoms with Gasteiger partial charge in [-0.3, -0.25) is 20.2 Å². The number of nitro groups is 2. The molecule has 88 heavy (non-hydrogen) atoms. The van der Waals surface area contributed by atoms with Gasteiger partial charge in [0.05, 0.1) is 34.4 Å². The highest BCUT2D eigenvalue weighted by molar-refractivity contribution is 7.89. The van der Waals surface area contributed by atoms with E-state index in [9.17, 15) is 58.3 Å². The number of rotatable bonds is 20. The summed E-state index contributed by atoms with van der Waals surface area (Å²) < 4.78 is 137. The minimum atomic E-state index is -3.60. The second-order valence-electron chi connectivity index (χ2n) is 22.3. The first-order chi connectivity index (χ1) is 41.5. The molecule has 0 bridgehead atoms. The van der Waals surface area contributed by atoms with E-state index in [0.29, 0.717) is 100.0 Å². The normalized spacial score (nSPS) is 17.3. The third-order valence-corrected chi connectivity index (χ3v) is 20.3. The molecular weight excluding hydrogens is 1220 g/mol. The lowest BCUT2D eigenvalue weighted by molar-refractivity contribution is -0.385. The van der Waals surface area contributed by atoms with Crippen LogP contribution in [-0.2, 0) is 52.4 Å². The third kappa shape index (κ3) is 24.1. The van der Waals surface area contributed by atoms with Crippen molar-refractivity contribution in [3.8, 4) is 23.0 Å². The number of ether oxygens (including phenoxy) is 4. The summed E-state index contributed by atoms with van der Waals surface area (Å²) in [6.45, 7) is 9.21. The standard InChI is InChI=1S/C24H33FN2O5S2.C12H16N2O5S.C12H18N2O3S.C11H14N2O3/c1-19(2)16-27(17-20-4-8-22(25)9-5-20)34(30,31)18-21-6-10-23(11-7-21)32-24-12-14-26(15-13-24)33(3,28)29;1-20(17,18)13-8-6-12(7-9-13)19-11-4-2-10(3-5-11)14(15)16;1-18(15,16)14-8-6-12(7-9-14)17-11-4-2-10(13)3-5-11;14-13(15)9-1-3-10(4-2-9)16-11-5-7-12-8-6-11/h4-11,19,24H,12-18H2,1-3H3;2-5,12H,6-9H2,1H3;2-5,12H,6-9,13H2,1H3;1-4,11-12H,5-8H2. The molecule has 4 heterocycles. The molecule has 29 heteroatoms. The van der Waals surface area contributed by atoms with Crippen LogP contribution in [0.3, 0.4) is 0 Å². The second-order valence-corrected chi connectivity index (χ2v) is 30.2. The van der Waals surface area contributed by atoms with Crippen molar-refractivity contribution < 1.29 is 66.9 Å². The highest BCUT2D eigenvalue weighted by Gasteiger charge is 2.29. The zero-order valence-electron chi connectivity index (χ0n) is 50.2. The molecule has 0 atom stereocenters. The van der Waals surface area contributed by atoms with Crippen LogP contribution in [0.5, 0.6) is 23.0 Å². The largest absolute Gasteiger partial charge is 0.490 e. The molecule has 4 saturated heterocycles. The van der Waals surface area contributed by atoms with Crippen LogP contribution in [0.4, 0.5) is 21.5 Å². The number of anilines is 1. The van der Waals surface area contributed by atoms with Gasteiger partial charge >= 0.3 is 0 Å². The third-order valence-electron chi connectivity index (χ3n) is 14.6. The number of nitrogens with one attached hydrogen (secondary N) is 1. The van der Waals surface area contributed by atoms with Crippen LogP contribution < -0.4 is 30.0 Å². The van der Waals surface area contributed by atoms with E-state index in [1.54, 1.807) is 72.8 Å². The van der Waals surface area contributed by atoms with Crippen molar-refractivity contribution in [2.45, 2.75) is 102 Å². The Morgan fingerprint density at radius 3 is 1.14 bits per heavy atom. The molecule has 4 aliphatic heterocycles. The molecule has 0 spiro atoms. The van der Waals surface area contributed by atoms with Crippen LogP contribution >= 0.6 is 0 Å². The first-order valence-corrected chi connectivity index (χ1v) is 36.0. The predicted octanol–water partition coefficient (Wildman–Crippen LogP) is 7.81. The van der Waals surface area contributed by atoms with Crippen molar-refractivity contribution in [1.29, 1.82) is 0 Å². The minimum absolute atomic E-state index is 0.0178. The summed E-state index contributed by atoms with van der Waals surface area (Å²) in [5.74, 6) is 2.32. The number of nitrogen functional groups attached to an aromatic ring is 1. The highest BCUT2D eigenvalue weighted by Crippen LogP contribution is 2.27. The first kappa shape index (κ1) is 70.5. The molecule has 4 aliphatic rings. The number of hydrogen-bond donors (Lipinski definition) is 2. The molecular formula is C59H81FN8O16S4. The van der Waals surface area contributed by atoms with Crippen molar-refractivity contribution in [2.24, 2.45) is 5.92 Å². The number of nitrogens with zero attached hydrogens (tertiary/aromatic N) is 6. The topological polar surface area (TPSA) is 311 Å². The molecule has 3 N–H and O–H groups in total. The van der Waals surface area contributed by atoms with Crippen molar-refractivity contribution in [3.05, 3.63) is 159 Å². The molecule has 5 aromatic rings. The highest BCUT2D eigenvalue weighted by atomic mass is 32.2. The Balaban J connectivity index is 0.000000197. The molecule has 0 amide bonds. The van der Waals surface area contributed by atoms with Gasteiger partial charge in [-0.05, 0) is 154 Å².